The highest BCUT2D eigenvalue weighted by molar-refractivity contribution is 7.90. The van der Waals surface area contributed by atoms with Crippen LogP contribution in [-0.2, 0) is 16.4 Å². The number of rotatable bonds is 4. The Bertz CT molecular complexity index is 461. The number of imidazole rings is 1. The zero-order chi connectivity index (χ0) is 12.3. The van der Waals surface area contributed by atoms with E-state index in [0.29, 0.717) is 6.54 Å². The molecular formula is C11H19N3O2S. The summed E-state index contributed by atoms with van der Waals surface area (Å²) in [5.74, 6) is 0. The average molecular weight is 257 g/mol. The summed E-state index contributed by atoms with van der Waals surface area (Å²) in [6, 6.07) is 0. The van der Waals surface area contributed by atoms with Crippen LogP contribution in [0.3, 0.4) is 0 Å². The Kier molecular flexibility index (Phi) is 3.83. The molecule has 0 radical (unpaired) electrons. The van der Waals surface area contributed by atoms with E-state index in [4.69, 9.17) is 0 Å². The molecule has 1 aromatic heterocycles. The van der Waals surface area contributed by atoms with Crippen LogP contribution in [0, 0.1) is 0 Å². The van der Waals surface area contributed by atoms with E-state index in [1.165, 1.54) is 25.5 Å². The molecule has 0 bridgehead atoms. The molecule has 0 spiro atoms. The van der Waals surface area contributed by atoms with Crippen LogP contribution in [0.2, 0.25) is 0 Å². The molecule has 6 heteroatoms. The Balaban J connectivity index is 1.97. The van der Waals surface area contributed by atoms with Gasteiger partial charge in [0, 0.05) is 31.7 Å². The molecule has 1 aliphatic rings. The van der Waals surface area contributed by atoms with Gasteiger partial charge in [0.1, 0.15) is 0 Å². The van der Waals surface area contributed by atoms with E-state index >= 15 is 0 Å². The SMILES string of the molecule is CS(=O)(=O)c1nccn1CCN1CCCCC1. The van der Waals surface area contributed by atoms with E-state index in [-0.39, 0.29) is 5.16 Å². The second-order valence-electron chi connectivity index (χ2n) is 4.58. The minimum atomic E-state index is -3.21. The van der Waals surface area contributed by atoms with Gasteiger partial charge in [-0.15, -0.1) is 0 Å². The fraction of sp³-hybridized carbons (Fsp3) is 0.727. The number of nitrogens with zero attached hydrogens (tertiary/aromatic N) is 3. The van der Waals surface area contributed by atoms with E-state index in [1.54, 1.807) is 17.0 Å². The zero-order valence-electron chi connectivity index (χ0n) is 10.2. The molecular weight excluding hydrogens is 238 g/mol. The molecule has 0 amide bonds. The highest BCUT2D eigenvalue weighted by atomic mass is 32.2. The van der Waals surface area contributed by atoms with Crippen LogP contribution in [0.4, 0.5) is 0 Å². The van der Waals surface area contributed by atoms with Gasteiger partial charge in [0.05, 0.1) is 0 Å². The minimum absolute atomic E-state index is 0.175. The molecule has 96 valence electrons. The largest absolute Gasteiger partial charge is 0.321 e. The number of hydrogen-bond acceptors (Lipinski definition) is 4. The van der Waals surface area contributed by atoms with Crippen LogP contribution in [0.25, 0.3) is 0 Å². The fourth-order valence-corrected chi connectivity index (χ4v) is 3.06. The smallest absolute Gasteiger partial charge is 0.227 e. The van der Waals surface area contributed by atoms with Gasteiger partial charge in [-0.2, -0.15) is 0 Å². The van der Waals surface area contributed by atoms with Crippen molar-refractivity contribution in [3.63, 3.8) is 0 Å². The van der Waals surface area contributed by atoms with Crippen molar-refractivity contribution in [1.29, 1.82) is 0 Å². The summed E-state index contributed by atoms with van der Waals surface area (Å²) in [5.41, 5.74) is 0. The molecule has 0 atom stereocenters. The maximum atomic E-state index is 11.5. The van der Waals surface area contributed by atoms with E-state index in [0.717, 1.165) is 19.6 Å². The Morgan fingerprint density at radius 3 is 2.59 bits per heavy atom. The summed E-state index contributed by atoms with van der Waals surface area (Å²) in [6.45, 7) is 3.85. The van der Waals surface area contributed by atoms with Crippen molar-refractivity contribution in [2.75, 3.05) is 25.9 Å². The van der Waals surface area contributed by atoms with Crippen LogP contribution in [0.5, 0.6) is 0 Å². The summed E-state index contributed by atoms with van der Waals surface area (Å²) in [7, 11) is -3.21. The number of hydrogen-bond donors (Lipinski definition) is 0. The average Bonchev–Trinajstić information content (AvgIpc) is 2.75. The third kappa shape index (κ3) is 3.29. The van der Waals surface area contributed by atoms with Gasteiger partial charge in [-0.1, -0.05) is 6.42 Å². The molecule has 0 aliphatic carbocycles. The first kappa shape index (κ1) is 12.6. The summed E-state index contributed by atoms with van der Waals surface area (Å²) in [6.07, 6.45) is 8.31. The maximum absolute atomic E-state index is 11.5. The first-order valence-corrected chi connectivity index (χ1v) is 7.90. The predicted octanol–water partition coefficient (Wildman–Crippen LogP) is 0.772. The van der Waals surface area contributed by atoms with Crippen LogP contribution < -0.4 is 0 Å². The molecule has 0 aromatic carbocycles. The van der Waals surface area contributed by atoms with Crippen molar-refractivity contribution >= 4 is 9.84 Å². The van der Waals surface area contributed by atoms with Gasteiger partial charge in [0.15, 0.2) is 0 Å². The number of aromatic nitrogens is 2. The second-order valence-corrected chi connectivity index (χ2v) is 6.49. The summed E-state index contributed by atoms with van der Waals surface area (Å²) in [5, 5.41) is 0.175. The lowest BCUT2D eigenvalue weighted by atomic mass is 10.1. The van der Waals surface area contributed by atoms with Gasteiger partial charge in [0.2, 0.25) is 15.0 Å². The topological polar surface area (TPSA) is 55.2 Å². The first-order chi connectivity index (χ1) is 8.07. The minimum Gasteiger partial charge on any atom is -0.321 e. The van der Waals surface area contributed by atoms with E-state index in [2.05, 4.69) is 9.88 Å². The van der Waals surface area contributed by atoms with E-state index < -0.39 is 9.84 Å². The Morgan fingerprint density at radius 2 is 1.94 bits per heavy atom. The van der Waals surface area contributed by atoms with Crippen molar-refractivity contribution in [1.82, 2.24) is 14.5 Å². The lowest BCUT2D eigenvalue weighted by molar-refractivity contribution is 0.218. The lowest BCUT2D eigenvalue weighted by Gasteiger charge is -2.26. The van der Waals surface area contributed by atoms with E-state index in [1.807, 2.05) is 0 Å². The van der Waals surface area contributed by atoms with E-state index in [9.17, 15) is 8.42 Å². The molecule has 2 heterocycles. The van der Waals surface area contributed by atoms with Crippen molar-refractivity contribution in [3.05, 3.63) is 12.4 Å². The summed E-state index contributed by atoms with van der Waals surface area (Å²) in [4.78, 5) is 6.29. The monoisotopic (exact) mass is 257 g/mol. The molecule has 1 aliphatic heterocycles. The molecule has 5 nitrogen and oxygen atoms in total. The molecule has 17 heavy (non-hydrogen) atoms. The number of sulfone groups is 1. The number of piperidine rings is 1. The molecule has 0 unspecified atom stereocenters. The second kappa shape index (κ2) is 5.18. The van der Waals surface area contributed by atoms with Crippen molar-refractivity contribution in [3.8, 4) is 0 Å². The lowest BCUT2D eigenvalue weighted by Crippen LogP contribution is -2.32. The van der Waals surface area contributed by atoms with Crippen molar-refractivity contribution < 1.29 is 8.42 Å². The third-order valence-corrected chi connectivity index (χ3v) is 4.12. The molecule has 1 fully saturated rings. The van der Waals surface area contributed by atoms with Crippen LogP contribution >= 0.6 is 0 Å². The zero-order valence-corrected chi connectivity index (χ0v) is 11.0. The first-order valence-electron chi connectivity index (χ1n) is 6.01. The van der Waals surface area contributed by atoms with Crippen molar-refractivity contribution in [2.45, 2.75) is 31.0 Å². The van der Waals surface area contributed by atoms with Crippen LogP contribution in [-0.4, -0.2) is 48.8 Å². The molecule has 1 aromatic rings. The third-order valence-electron chi connectivity index (χ3n) is 3.11. The van der Waals surface area contributed by atoms with Crippen LogP contribution in [0.1, 0.15) is 19.3 Å². The summed E-state index contributed by atoms with van der Waals surface area (Å²) >= 11 is 0. The molecule has 2 rings (SSSR count). The van der Waals surface area contributed by atoms with Gasteiger partial charge in [0.25, 0.3) is 0 Å². The maximum Gasteiger partial charge on any atom is 0.227 e. The highest BCUT2D eigenvalue weighted by Crippen LogP contribution is 2.10. The van der Waals surface area contributed by atoms with Gasteiger partial charge < -0.3 is 9.47 Å². The normalized spacial score (nSPS) is 18.4. The molecule has 0 saturated carbocycles. The number of likely N-dealkylation sites (tertiary alicyclic amines) is 1. The quantitative estimate of drug-likeness (QED) is 0.799. The van der Waals surface area contributed by atoms with Gasteiger partial charge in [-0.3, -0.25) is 0 Å². The van der Waals surface area contributed by atoms with Crippen LogP contribution in [0.15, 0.2) is 17.6 Å². The predicted molar refractivity (Wildman–Crippen MR) is 65.6 cm³/mol. The highest BCUT2D eigenvalue weighted by Gasteiger charge is 2.15. The Morgan fingerprint density at radius 1 is 1.24 bits per heavy atom. The standard InChI is InChI=1S/C11H19N3O2S/c1-17(15,16)11-12-5-8-14(11)10-9-13-6-3-2-4-7-13/h5,8H,2-4,6-7,9-10H2,1H3. The molecule has 1 saturated heterocycles. The summed E-state index contributed by atoms with van der Waals surface area (Å²) < 4.78 is 24.7. The van der Waals surface area contributed by atoms with Crippen molar-refractivity contribution in [2.24, 2.45) is 0 Å². The fourth-order valence-electron chi connectivity index (χ4n) is 2.23. The Hall–Kier alpha value is -0.880. The van der Waals surface area contributed by atoms with Gasteiger partial charge in [-0.25, -0.2) is 13.4 Å². The molecule has 0 N–H and O–H groups in total. The van der Waals surface area contributed by atoms with Gasteiger partial charge >= 0.3 is 0 Å². The van der Waals surface area contributed by atoms with Gasteiger partial charge in [-0.05, 0) is 25.9 Å². The Labute approximate surface area is 102 Å².